The first kappa shape index (κ1) is 14.0. The van der Waals surface area contributed by atoms with Gasteiger partial charge < -0.3 is 0 Å². The van der Waals surface area contributed by atoms with Gasteiger partial charge in [0.05, 0.1) is 0 Å². The Balaban J connectivity index is 2.50. The number of aromatic nitrogens is 1. The number of nitrogens with zero attached hydrogens (tertiary/aromatic N) is 3. The Hall–Kier alpha value is -1.45. The predicted octanol–water partition coefficient (Wildman–Crippen LogP) is 1.90. The topological polar surface area (TPSA) is 74.1 Å². The minimum atomic E-state index is -3.65. The first-order valence-electron chi connectivity index (χ1n) is 6.37. The van der Waals surface area contributed by atoms with Crippen LogP contribution in [0.2, 0.25) is 0 Å². The normalized spacial score (nSPS) is 24.9. The summed E-state index contributed by atoms with van der Waals surface area (Å²) < 4.78 is 27.0. The summed E-state index contributed by atoms with van der Waals surface area (Å²) in [5.74, 6) is 0. The van der Waals surface area contributed by atoms with Crippen LogP contribution in [0.4, 0.5) is 0 Å². The molecule has 19 heavy (non-hydrogen) atoms. The highest BCUT2D eigenvalue weighted by molar-refractivity contribution is 7.89. The van der Waals surface area contributed by atoms with Crippen LogP contribution >= 0.6 is 0 Å². The first-order valence-corrected chi connectivity index (χ1v) is 7.81. The number of rotatable bonds is 2. The van der Waals surface area contributed by atoms with Gasteiger partial charge >= 0.3 is 0 Å². The van der Waals surface area contributed by atoms with Crippen molar-refractivity contribution in [1.82, 2.24) is 9.29 Å². The molecule has 2 rings (SSSR count). The summed E-state index contributed by atoms with van der Waals surface area (Å²) in [4.78, 5) is 3.85. The molecule has 2 unspecified atom stereocenters. The van der Waals surface area contributed by atoms with Crippen molar-refractivity contribution in [2.75, 3.05) is 0 Å². The number of sulfonamides is 1. The molecule has 0 aliphatic carbocycles. The van der Waals surface area contributed by atoms with Crippen LogP contribution in [0, 0.1) is 11.3 Å². The van der Waals surface area contributed by atoms with Crippen LogP contribution < -0.4 is 0 Å². The Bertz CT molecular complexity index is 597. The Labute approximate surface area is 113 Å². The van der Waals surface area contributed by atoms with E-state index in [2.05, 4.69) is 4.98 Å². The third-order valence-corrected chi connectivity index (χ3v) is 5.70. The molecule has 0 saturated carbocycles. The van der Waals surface area contributed by atoms with Gasteiger partial charge in [0.2, 0.25) is 10.0 Å². The van der Waals surface area contributed by atoms with Crippen molar-refractivity contribution >= 4 is 10.0 Å². The zero-order valence-corrected chi connectivity index (χ0v) is 11.9. The van der Waals surface area contributed by atoms with Crippen LogP contribution in [0.25, 0.3) is 0 Å². The molecule has 1 aliphatic rings. The quantitative estimate of drug-likeness (QED) is 0.828. The molecular weight excluding hydrogens is 262 g/mol. The van der Waals surface area contributed by atoms with Crippen LogP contribution in [0.1, 0.15) is 38.8 Å². The Morgan fingerprint density at radius 2 is 2.00 bits per heavy atom. The molecule has 0 radical (unpaired) electrons. The van der Waals surface area contributed by atoms with Gasteiger partial charge in [-0.15, -0.1) is 0 Å². The van der Waals surface area contributed by atoms with E-state index in [0.717, 1.165) is 19.3 Å². The van der Waals surface area contributed by atoms with Gasteiger partial charge in [0.1, 0.15) is 11.0 Å². The summed E-state index contributed by atoms with van der Waals surface area (Å²) in [7, 11) is -3.65. The Kier molecular flexibility index (Phi) is 3.88. The molecule has 0 bridgehead atoms. The number of nitriles is 1. The summed E-state index contributed by atoms with van der Waals surface area (Å²) in [5, 5.41) is 9.02. The summed E-state index contributed by atoms with van der Waals surface area (Å²) in [6, 6.07) is 4.77. The third-order valence-electron chi connectivity index (χ3n) is 3.54. The van der Waals surface area contributed by atoms with E-state index in [9.17, 15) is 8.42 Å². The SMILES string of the molecule is CC1CCCC(C)N1S(=O)(=O)c1cccnc1C#N. The van der Waals surface area contributed by atoms with Crippen LogP contribution in [0.15, 0.2) is 23.2 Å². The molecule has 1 aliphatic heterocycles. The Morgan fingerprint density at radius 3 is 2.58 bits per heavy atom. The molecule has 0 aromatic carbocycles. The zero-order chi connectivity index (χ0) is 14.0. The van der Waals surface area contributed by atoms with Crippen molar-refractivity contribution in [3.8, 4) is 6.07 Å². The maximum absolute atomic E-state index is 12.7. The third kappa shape index (κ3) is 2.48. The maximum atomic E-state index is 12.7. The molecule has 0 N–H and O–H groups in total. The molecule has 2 heterocycles. The monoisotopic (exact) mass is 279 g/mol. The summed E-state index contributed by atoms with van der Waals surface area (Å²) in [6.45, 7) is 3.82. The smallest absolute Gasteiger partial charge is 0.244 e. The van der Waals surface area contributed by atoms with Crippen molar-refractivity contribution < 1.29 is 8.42 Å². The lowest BCUT2D eigenvalue weighted by Crippen LogP contribution is -2.47. The second-order valence-corrected chi connectivity index (χ2v) is 6.74. The number of pyridine rings is 1. The maximum Gasteiger partial charge on any atom is 0.246 e. The number of hydrogen-bond acceptors (Lipinski definition) is 4. The van der Waals surface area contributed by atoms with Crippen molar-refractivity contribution in [1.29, 1.82) is 5.26 Å². The fourth-order valence-corrected chi connectivity index (χ4v) is 4.65. The standard InChI is InChI=1S/C13H17N3O2S/c1-10-5-3-6-11(2)16(10)19(17,18)13-7-4-8-15-12(13)9-14/h4,7-8,10-11H,3,5-6H2,1-2H3. The number of piperidine rings is 1. The molecule has 102 valence electrons. The summed E-state index contributed by atoms with van der Waals surface area (Å²) >= 11 is 0. The van der Waals surface area contributed by atoms with Gasteiger partial charge in [-0.3, -0.25) is 0 Å². The minimum absolute atomic E-state index is 0.0121. The molecular formula is C13H17N3O2S. The van der Waals surface area contributed by atoms with Gasteiger partial charge in [0, 0.05) is 18.3 Å². The second-order valence-electron chi connectivity index (χ2n) is 4.93. The summed E-state index contributed by atoms with van der Waals surface area (Å²) in [6.07, 6.45) is 4.17. The fourth-order valence-electron chi connectivity index (χ4n) is 2.67. The molecule has 1 fully saturated rings. The molecule has 0 amide bonds. The molecule has 6 heteroatoms. The van der Waals surface area contributed by atoms with E-state index in [1.807, 2.05) is 19.9 Å². The van der Waals surface area contributed by atoms with Crippen LogP contribution in [0.3, 0.4) is 0 Å². The molecule has 1 aromatic rings. The van der Waals surface area contributed by atoms with E-state index in [1.54, 1.807) is 6.07 Å². The van der Waals surface area contributed by atoms with Gasteiger partial charge in [0.15, 0.2) is 5.69 Å². The lowest BCUT2D eigenvalue weighted by Gasteiger charge is -2.37. The van der Waals surface area contributed by atoms with Gasteiger partial charge in [-0.25, -0.2) is 13.4 Å². The predicted molar refractivity (Wildman–Crippen MR) is 70.8 cm³/mol. The van der Waals surface area contributed by atoms with Crippen molar-refractivity contribution in [2.24, 2.45) is 0 Å². The highest BCUT2D eigenvalue weighted by atomic mass is 32.2. The minimum Gasteiger partial charge on any atom is -0.244 e. The fraction of sp³-hybridized carbons (Fsp3) is 0.538. The lowest BCUT2D eigenvalue weighted by atomic mass is 10.0. The van der Waals surface area contributed by atoms with Crippen molar-refractivity contribution in [2.45, 2.75) is 50.1 Å². The molecule has 1 saturated heterocycles. The van der Waals surface area contributed by atoms with Gasteiger partial charge in [-0.05, 0) is 38.8 Å². The lowest BCUT2D eigenvalue weighted by molar-refractivity contribution is 0.204. The average molecular weight is 279 g/mol. The van der Waals surface area contributed by atoms with Crippen molar-refractivity contribution in [3.05, 3.63) is 24.0 Å². The van der Waals surface area contributed by atoms with E-state index < -0.39 is 10.0 Å². The molecule has 2 atom stereocenters. The largest absolute Gasteiger partial charge is 0.246 e. The van der Waals surface area contributed by atoms with Crippen LogP contribution in [-0.2, 0) is 10.0 Å². The van der Waals surface area contributed by atoms with Crippen molar-refractivity contribution in [3.63, 3.8) is 0 Å². The van der Waals surface area contributed by atoms with E-state index in [1.165, 1.54) is 16.6 Å². The average Bonchev–Trinajstić information content (AvgIpc) is 2.38. The van der Waals surface area contributed by atoms with E-state index in [4.69, 9.17) is 5.26 Å². The van der Waals surface area contributed by atoms with Gasteiger partial charge in [-0.2, -0.15) is 9.57 Å². The van der Waals surface area contributed by atoms with E-state index >= 15 is 0 Å². The summed E-state index contributed by atoms with van der Waals surface area (Å²) in [5.41, 5.74) is -0.0347. The van der Waals surface area contributed by atoms with E-state index in [0.29, 0.717) is 0 Å². The van der Waals surface area contributed by atoms with E-state index in [-0.39, 0.29) is 22.7 Å². The van der Waals surface area contributed by atoms with Gasteiger partial charge in [-0.1, -0.05) is 6.42 Å². The molecule has 0 spiro atoms. The van der Waals surface area contributed by atoms with Crippen LogP contribution in [-0.4, -0.2) is 29.8 Å². The van der Waals surface area contributed by atoms with Crippen LogP contribution in [0.5, 0.6) is 0 Å². The highest BCUT2D eigenvalue weighted by Gasteiger charge is 2.37. The second kappa shape index (κ2) is 5.27. The molecule has 1 aromatic heterocycles. The highest BCUT2D eigenvalue weighted by Crippen LogP contribution is 2.30. The first-order chi connectivity index (χ1) is 8.98. The Morgan fingerprint density at radius 1 is 1.37 bits per heavy atom. The van der Waals surface area contributed by atoms with Gasteiger partial charge in [0.25, 0.3) is 0 Å². The molecule has 5 nitrogen and oxygen atoms in total. The zero-order valence-electron chi connectivity index (χ0n) is 11.1. The number of hydrogen-bond donors (Lipinski definition) is 0.